The standard InChI is InChI=1S/C15H21FN2OS/c1-3-13-14(19)18(10-4-9-17-2)15(20-13)11-5-7-12(16)8-6-11/h5-8,13,15,17H,3-4,9-10H2,1-2H3/t13-,15-/m0/s1. The average molecular weight is 296 g/mol. The third-order valence-corrected chi connectivity index (χ3v) is 5.13. The van der Waals surface area contributed by atoms with Gasteiger partial charge >= 0.3 is 0 Å². The van der Waals surface area contributed by atoms with Gasteiger partial charge in [-0.2, -0.15) is 0 Å². The number of amides is 1. The van der Waals surface area contributed by atoms with E-state index in [1.165, 1.54) is 12.1 Å². The molecule has 2 rings (SSSR count). The molecule has 1 aromatic rings. The summed E-state index contributed by atoms with van der Waals surface area (Å²) in [4.78, 5) is 14.3. The number of hydrogen-bond donors (Lipinski definition) is 1. The number of carbonyl (C=O) groups excluding carboxylic acids is 1. The maximum atomic E-state index is 13.0. The maximum Gasteiger partial charge on any atom is 0.236 e. The highest BCUT2D eigenvalue weighted by atomic mass is 32.2. The number of hydrogen-bond acceptors (Lipinski definition) is 3. The van der Waals surface area contributed by atoms with Crippen molar-refractivity contribution in [1.29, 1.82) is 0 Å². The van der Waals surface area contributed by atoms with Crippen molar-refractivity contribution in [2.45, 2.75) is 30.4 Å². The Bertz CT molecular complexity index is 452. The van der Waals surface area contributed by atoms with E-state index in [-0.39, 0.29) is 22.3 Å². The largest absolute Gasteiger partial charge is 0.326 e. The van der Waals surface area contributed by atoms with Crippen molar-refractivity contribution in [3.8, 4) is 0 Å². The van der Waals surface area contributed by atoms with Crippen LogP contribution in [0, 0.1) is 5.82 Å². The summed E-state index contributed by atoms with van der Waals surface area (Å²) in [5.74, 6) is -0.0280. The first-order valence-corrected chi connectivity index (χ1v) is 7.97. The molecule has 0 aromatic heterocycles. The molecule has 1 heterocycles. The summed E-state index contributed by atoms with van der Waals surface area (Å²) >= 11 is 1.68. The van der Waals surface area contributed by atoms with Gasteiger partial charge in [-0.1, -0.05) is 19.1 Å². The summed E-state index contributed by atoms with van der Waals surface area (Å²) in [5, 5.41) is 3.15. The molecule has 2 atom stereocenters. The Morgan fingerprint density at radius 1 is 1.35 bits per heavy atom. The first kappa shape index (κ1) is 15.3. The second-order valence-corrected chi connectivity index (χ2v) is 6.21. The Morgan fingerprint density at radius 2 is 2.05 bits per heavy atom. The number of benzene rings is 1. The zero-order valence-corrected chi connectivity index (χ0v) is 12.8. The molecule has 0 unspecified atom stereocenters. The minimum atomic E-state index is -0.239. The van der Waals surface area contributed by atoms with Gasteiger partial charge < -0.3 is 10.2 Å². The maximum absolute atomic E-state index is 13.0. The van der Waals surface area contributed by atoms with Gasteiger partial charge in [0.25, 0.3) is 0 Å². The number of nitrogens with zero attached hydrogens (tertiary/aromatic N) is 1. The van der Waals surface area contributed by atoms with Gasteiger partial charge in [0.05, 0.1) is 5.25 Å². The quantitative estimate of drug-likeness (QED) is 0.819. The minimum absolute atomic E-state index is 0.0184. The molecular weight excluding hydrogens is 275 g/mol. The number of thioether (sulfide) groups is 1. The molecule has 1 saturated heterocycles. The number of halogens is 1. The van der Waals surface area contributed by atoms with E-state index in [2.05, 4.69) is 5.32 Å². The number of rotatable bonds is 6. The lowest BCUT2D eigenvalue weighted by Crippen LogP contribution is -2.33. The van der Waals surface area contributed by atoms with Gasteiger partial charge in [-0.25, -0.2) is 4.39 Å². The van der Waals surface area contributed by atoms with Crippen LogP contribution in [-0.4, -0.2) is 36.2 Å². The van der Waals surface area contributed by atoms with Crippen LogP contribution in [0.2, 0.25) is 0 Å². The van der Waals surface area contributed by atoms with Gasteiger partial charge in [-0.3, -0.25) is 4.79 Å². The molecule has 5 heteroatoms. The predicted molar refractivity (Wildman–Crippen MR) is 81.1 cm³/mol. The molecule has 1 N–H and O–H groups in total. The third kappa shape index (κ3) is 3.33. The second kappa shape index (κ2) is 7.09. The van der Waals surface area contributed by atoms with Crippen molar-refractivity contribution in [3.63, 3.8) is 0 Å². The van der Waals surface area contributed by atoms with E-state index in [0.717, 1.165) is 31.5 Å². The van der Waals surface area contributed by atoms with Gasteiger partial charge in [-0.05, 0) is 44.1 Å². The fourth-order valence-corrected chi connectivity index (χ4v) is 3.82. The summed E-state index contributed by atoms with van der Waals surface area (Å²) in [6, 6.07) is 6.49. The van der Waals surface area contributed by atoms with Crippen molar-refractivity contribution in [2.75, 3.05) is 20.1 Å². The lowest BCUT2D eigenvalue weighted by atomic mass is 10.2. The number of carbonyl (C=O) groups is 1. The van der Waals surface area contributed by atoms with Gasteiger partial charge in [0.2, 0.25) is 5.91 Å². The third-order valence-electron chi connectivity index (χ3n) is 3.49. The van der Waals surface area contributed by atoms with Crippen LogP contribution in [0.4, 0.5) is 4.39 Å². The van der Waals surface area contributed by atoms with Crippen LogP contribution in [0.15, 0.2) is 24.3 Å². The summed E-state index contributed by atoms with van der Waals surface area (Å²) in [7, 11) is 1.91. The second-order valence-electron chi connectivity index (χ2n) is 4.93. The summed E-state index contributed by atoms with van der Waals surface area (Å²) < 4.78 is 13.0. The van der Waals surface area contributed by atoms with E-state index in [1.54, 1.807) is 23.9 Å². The molecule has 0 bridgehead atoms. The molecule has 0 spiro atoms. The normalized spacial score (nSPS) is 22.6. The fourth-order valence-electron chi connectivity index (χ4n) is 2.40. The van der Waals surface area contributed by atoms with E-state index in [4.69, 9.17) is 0 Å². The van der Waals surface area contributed by atoms with Crippen LogP contribution in [0.5, 0.6) is 0 Å². The molecule has 1 amide bonds. The van der Waals surface area contributed by atoms with Crippen LogP contribution in [0.1, 0.15) is 30.7 Å². The Morgan fingerprint density at radius 3 is 2.65 bits per heavy atom. The minimum Gasteiger partial charge on any atom is -0.326 e. The van der Waals surface area contributed by atoms with Crippen molar-refractivity contribution in [3.05, 3.63) is 35.6 Å². The molecule has 0 radical (unpaired) electrons. The molecule has 1 aliphatic heterocycles. The van der Waals surface area contributed by atoms with E-state index >= 15 is 0 Å². The molecule has 1 aromatic carbocycles. The van der Waals surface area contributed by atoms with E-state index < -0.39 is 0 Å². The van der Waals surface area contributed by atoms with Gasteiger partial charge in [0.15, 0.2) is 0 Å². The smallest absolute Gasteiger partial charge is 0.236 e. The first-order valence-electron chi connectivity index (χ1n) is 7.03. The zero-order valence-electron chi connectivity index (χ0n) is 11.9. The predicted octanol–water partition coefficient (Wildman–Crippen LogP) is 2.79. The van der Waals surface area contributed by atoms with Crippen molar-refractivity contribution in [2.24, 2.45) is 0 Å². The summed E-state index contributed by atoms with van der Waals surface area (Å²) in [6.45, 7) is 3.67. The highest BCUT2D eigenvalue weighted by molar-refractivity contribution is 8.01. The SMILES string of the molecule is CC[C@@H]1S[C@@H](c2ccc(F)cc2)N(CCCNC)C1=O. The van der Waals surface area contributed by atoms with Crippen LogP contribution in [-0.2, 0) is 4.79 Å². The lowest BCUT2D eigenvalue weighted by Gasteiger charge is -2.24. The lowest BCUT2D eigenvalue weighted by molar-refractivity contribution is -0.130. The molecule has 0 aliphatic carbocycles. The van der Waals surface area contributed by atoms with Crippen molar-refractivity contribution in [1.82, 2.24) is 10.2 Å². The Hall–Kier alpha value is -1.07. The van der Waals surface area contributed by atoms with Crippen LogP contribution in [0.25, 0.3) is 0 Å². The van der Waals surface area contributed by atoms with Crippen LogP contribution >= 0.6 is 11.8 Å². The summed E-state index contributed by atoms with van der Waals surface area (Å²) in [5.41, 5.74) is 1.00. The molecule has 1 fully saturated rings. The highest BCUT2D eigenvalue weighted by Crippen LogP contribution is 2.44. The Labute approximate surface area is 123 Å². The highest BCUT2D eigenvalue weighted by Gasteiger charge is 2.39. The molecule has 1 aliphatic rings. The van der Waals surface area contributed by atoms with Crippen LogP contribution < -0.4 is 5.32 Å². The van der Waals surface area contributed by atoms with Crippen LogP contribution in [0.3, 0.4) is 0 Å². The fraction of sp³-hybridized carbons (Fsp3) is 0.533. The Balaban J connectivity index is 2.15. The van der Waals surface area contributed by atoms with Gasteiger partial charge in [0.1, 0.15) is 11.2 Å². The molecule has 3 nitrogen and oxygen atoms in total. The topological polar surface area (TPSA) is 32.3 Å². The van der Waals surface area contributed by atoms with Crippen molar-refractivity contribution < 1.29 is 9.18 Å². The molecule has 20 heavy (non-hydrogen) atoms. The van der Waals surface area contributed by atoms with Gasteiger partial charge in [0, 0.05) is 6.54 Å². The Kier molecular flexibility index (Phi) is 5.43. The monoisotopic (exact) mass is 296 g/mol. The first-order chi connectivity index (χ1) is 9.67. The molecule has 0 saturated carbocycles. The zero-order chi connectivity index (χ0) is 14.5. The van der Waals surface area contributed by atoms with E-state index in [1.807, 2.05) is 18.9 Å². The van der Waals surface area contributed by atoms with Crippen molar-refractivity contribution >= 4 is 17.7 Å². The molecular formula is C15H21FN2OS. The molecule has 110 valence electrons. The van der Waals surface area contributed by atoms with E-state index in [0.29, 0.717) is 0 Å². The number of nitrogens with one attached hydrogen (secondary N) is 1. The average Bonchev–Trinajstić information content (AvgIpc) is 2.77. The van der Waals surface area contributed by atoms with E-state index in [9.17, 15) is 9.18 Å². The summed E-state index contributed by atoms with van der Waals surface area (Å²) in [6.07, 6.45) is 1.76. The van der Waals surface area contributed by atoms with Gasteiger partial charge in [-0.15, -0.1) is 11.8 Å².